The molecule has 0 saturated heterocycles. The van der Waals surface area contributed by atoms with E-state index in [4.69, 9.17) is 4.98 Å². The van der Waals surface area contributed by atoms with Crippen molar-refractivity contribution >= 4 is 21.7 Å². The molecular weight excluding hydrogens is 266 g/mol. The smallest absolute Gasteiger partial charge is 0.144 e. The van der Waals surface area contributed by atoms with Gasteiger partial charge in [-0.15, -0.1) is 0 Å². The number of hydrogen-bond donors (Lipinski definition) is 1. The number of nitrogens with one attached hydrogen (secondary N) is 1. The maximum absolute atomic E-state index is 4.71. The van der Waals surface area contributed by atoms with Gasteiger partial charge in [-0.1, -0.05) is 20.3 Å². The lowest BCUT2D eigenvalue weighted by atomic mass is 10.1. The van der Waals surface area contributed by atoms with Crippen molar-refractivity contribution < 1.29 is 0 Å². The normalized spacial score (nSPS) is 17.2. The van der Waals surface area contributed by atoms with Crippen LogP contribution < -0.4 is 5.32 Å². The number of aromatic nitrogens is 2. The number of halogens is 1. The molecule has 1 fully saturated rings. The summed E-state index contributed by atoms with van der Waals surface area (Å²) < 4.78 is 1.02. The zero-order chi connectivity index (χ0) is 11.8. The molecule has 1 saturated carbocycles. The molecule has 16 heavy (non-hydrogen) atoms. The zero-order valence-electron chi connectivity index (χ0n) is 10.1. The van der Waals surface area contributed by atoms with Crippen molar-refractivity contribution in [1.29, 1.82) is 0 Å². The van der Waals surface area contributed by atoms with Crippen LogP contribution in [0.2, 0.25) is 0 Å². The number of nitrogens with zero attached hydrogens (tertiary/aromatic N) is 2. The number of aryl methyl sites for hydroxylation is 1. The van der Waals surface area contributed by atoms with Crippen LogP contribution in [0.25, 0.3) is 0 Å². The van der Waals surface area contributed by atoms with E-state index in [1.807, 2.05) is 7.05 Å². The lowest BCUT2D eigenvalue weighted by Crippen LogP contribution is -2.12. The molecule has 88 valence electrons. The summed E-state index contributed by atoms with van der Waals surface area (Å²) in [5.74, 6) is 1.92. The number of anilines is 1. The van der Waals surface area contributed by atoms with Crippen LogP contribution in [0.3, 0.4) is 0 Å². The second-order valence-corrected chi connectivity index (χ2v) is 5.51. The summed E-state index contributed by atoms with van der Waals surface area (Å²) in [7, 11) is 1.90. The Hall–Kier alpha value is -0.640. The summed E-state index contributed by atoms with van der Waals surface area (Å²) in [5.41, 5.74) is 1.36. The third-order valence-electron chi connectivity index (χ3n) is 3.18. The van der Waals surface area contributed by atoms with Crippen LogP contribution in [0.1, 0.15) is 44.6 Å². The van der Waals surface area contributed by atoms with E-state index in [9.17, 15) is 0 Å². The van der Waals surface area contributed by atoms with E-state index in [-0.39, 0.29) is 5.41 Å². The molecule has 0 bridgehead atoms. The third-order valence-corrected chi connectivity index (χ3v) is 4.02. The highest BCUT2D eigenvalue weighted by Crippen LogP contribution is 2.46. The van der Waals surface area contributed by atoms with E-state index in [1.54, 1.807) is 0 Å². The number of rotatable bonds is 4. The summed E-state index contributed by atoms with van der Waals surface area (Å²) in [6.07, 6.45) is 4.53. The van der Waals surface area contributed by atoms with Gasteiger partial charge in [0.2, 0.25) is 0 Å². The first-order valence-corrected chi connectivity index (χ1v) is 6.64. The van der Waals surface area contributed by atoms with Gasteiger partial charge >= 0.3 is 0 Å². The topological polar surface area (TPSA) is 37.8 Å². The van der Waals surface area contributed by atoms with Crippen molar-refractivity contribution in [3.63, 3.8) is 0 Å². The Balaban J connectivity index is 2.44. The first kappa shape index (κ1) is 11.8. The van der Waals surface area contributed by atoms with Crippen LogP contribution in [0.15, 0.2) is 4.47 Å². The predicted octanol–water partition coefficient (Wildman–Crippen LogP) is 3.28. The average molecular weight is 284 g/mol. The summed E-state index contributed by atoms with van der Waals surface area (Å²) in [6.45, 7) is 4.41. The molecule has 0 spiro atoms. The van der Waals surface area contributed by atoms with E-state index in [1.165, 1.54) is 12.8 Å². The second kappa shape index (κ2) is 4.32. The third kappa shape index (κ3) is 2.08. The minimum atomic E-state index is 0.231. The molecule has 1 heterocycles. The first-order chi connectivity index (χ1) is 7.60. The highest BCUT2D eigenvalue weighted by molar-refractivity contribution is 9.10. The van der Waals surface area contributed by atoms with Crippen LogP contribution >= 0.6 is 15.9 Å². The minimum absolute atomic E-state index is 0.231. The maximum atomic E-state index is 4.71. The number of hydrogen-bond acceptors (Lipinski definition) is 3. The van der Waals surface area contributed by atoms with Gasteiger partial charge in [0.05, 0.1) is 10.2 Å². The summed E-state index contributed by atoms with van der Waals surface area (Å²) in [5, 5.41) is 3.14. The summed E-state index contributed by atoms with van der Waals surface area (Å²) in [4.78, 5) is 9.30. The monoisotopic (exact) mass is 283 g/mol. The molecule has 2 rings (SSSR count). The van der Waals surface area contributed by atoms with Gasteiger partial charge in [0.1, 0.15) is 11.6 Å². The molecule has 1 aliphatic carbocycles. The molecule has 3 nitrogen and oxygen atoms in total. The Morgan fingerprint density at radius 3 is 2.56 bits per heavy atom. The molecule has 0 aromatic carbocycles. The SMILES string of the molecule is CCCc1nc(C2(C)CC2)nc(NC)c1Br. The fraction of sp³-hybridized carbons (Fsp3) is 0.667. The molecule has 0 radical (unpaired) electrons. The Labute approximate surface area is 105 Å². The van der Waals surface area contributed by atoms with Gasteiger partial charge in [0.25, 0.3) is 0 Å². The van der Waals surface area contributed by atoms with Crippen LogP contribution in [0, 0.1) is 0 Å². The first-order valence-electron chi connectivity index (χ1n) is 5.85. The molecule has 0 aliphatic heterocycles. The summed E-state index contributed by atoms with van der Waals surface area (Å²) >= 11 is 3.58. The van der Waals surface area contributed by atoms with Crippen molar-refractivity contribution in [2.45, 2.75) is 44.9 Å². The molecule has 0 atom stereocenters. The molecule has 1 N–H and O–H groups in total. The lowest BCUT2D eigenvalue weighted by Gasteiger charge is -2.13. The van der Waals surface area contributed by atoms with Gasteiger partial charge in [0.15, 0.2) is 0 Å². The predicted molar refractivity (Wildman–Crippen MR) is 69.9 cm³/mol. The largest absolute Gasteiger partial charge is 0.372 e. The average Bonchev–Trinajstić information content (AvgIpc) is 3.01. The van der Waals surface area contributed by atoms with Gasteiger partial charge in [-0.25, -0.2) is 9.97 Å². The summed E-state index contributed by atoms with van der Waals surface area (Å²) in [6, 6.07) is 0. The van der Waals surface area contributed by atoms with Crippen molar-refractivity contribution in [3.8, 4) is 0 Å². The zero-order valence-corrected chi connectivity index (χ0v) is 11.7. The van der Waals surface area contributed by atoms with E-state index in [0.29, 0.717) is 0 Å². The van der Waals surface area contributed by atoms with Crippen LogP contribution in [-0.2, 0) is 11.8 Å². The standard InChI is InChI=1S/C12H18BrN3/c1-4-5-8-9(13)10(14-3)16-11(15-8)12(2)6-7-12/h4-7H2,1-3H3,(H,14,15,16). The Morgan fingerprint density at radius 1 is 1.38 bits per heavy atom. The van der Waals surface area contributed by atoms with Gasteiger partial charge < -0.3 is 5.32 Å². The Bertz CT molecular complexity index is 399. The highest BCUT2D eigenvalue weighted by atomic mass is 79.9. The molecule has 0 unspecified atom stereocenters. The van der Waals surface area contributed by atoms with Gasteiger partial charge in [-0.05, 0) is 35.2 Å². The fourth-order valence-corrected chi connectivity index (χ4v) is 2.32. The van der Waals surface area contributed by atoms with Gasteiger partial charge in [0, 0.05) is 12.5 Å². The van der Waals surface area contributed by atoms with Crippen molar-refractivity contribution in [2.75, 3.05) is 12.4 Å². The quantitative estimate of drug-likeness (QED) is 0.922. The lowest BCUT2D eigenvalue weighted by molar-refractivity contribution is 0.692. The maximum Gasteiger partial charge on any atom is 0.144 e. The van der Waals surface area contributed by atoms with Crippen molar-refractivity contribution in [2.24, 2.45) is 0 Å². The van der Waals surface area contributed by atoms with Crippen molar-refractivity contribution in [3.05, 3.63) is 16.0 Å². The highest BCUT2D eigenvalue weighted by Gasteiger charge is 2.42. The van der Waals surface area contributed by atoms with Crippen LogP contribution in [-0.4, -0.2) is 17.0 Å². The van der Waals surface area contributed by atoms with E-state index < -0.39 is 0 Å². The van der Waals surface area contributed by atoms with E-state index in [2.05, 4.69) is 40.1 Å². The van der Waals surface area contributed by atoms with E-state index >= 15 is 0 Å². The van der Waals surface area contributed by atoms with Gasteiger partial charge in [-0.2, -0.15) is 0 Å². The molecule has 4 heteroatoms. The van der Waals surface area contributed by atoms with Crippen LogP contribution in [0.5, 0.6) is 0 Å². The van der Waals surface area contributed by atoms with Crippen LogP contribution in [0.4, 0.5) is 5.82 Å². The minimum Gasteiger partial charge on any atom is -0.372 e. The fourth-order valence-electron chi connectivity index (χ4n) is 1.74. The van der Waals surface area contributed by atoms with Gasteiger partial charge in [-0.3, -0.25) is 0 Å². The second-order valence-electron chi connectivity index (χ2n) is 4.72. The van der Waals surface area contributed by atoms with E-state index in [0.717, 1.165) is 34.7 Å². The molecule has 1 aromatic heterocycles. The Kier molecular flexibility index (Phi) is 3.19. The molecular formula is C12H18BrN3. The molecule has 0 amide bonds. The van der Waals surface area contributed by atoms with Crippen molar-refractivity contribution in [1.82, 2.24) is 9.97 Å². The molecule has 1 aromatic rings. The molecule has 1 aliphatic rings. The Morgan fingerprint density at radius 2 is 2.06 bits per heavy atom.